The van der Waals surface area contributed by atoms with E-state index in [1.165, 1.54) is 6.42 Å². The van der Waals surface area contributed by atoms with Gasteiger partial charge in [0.25, 0.3) is 0 Å². The second-order valence-corrected chi connectivity index (χ2v) is 4.00. The number of hydrogen-bond donors (Lipinski definition) is 0. The summed E-state index contributed by atoms with van der Waals surface area (Å²) in [5, 5.41) is 0. The molecule has 1 unspecified atom stereocenters. The summed E-state index contributed by atoms with van der Waals surface area (Å²) in [7, 11) is 0. The predicted octanol–water partition coefficient (Wildman–Crippen LogP) is 2.62. The van der Waals surface area contributed by atoms with Gasteiger partial charge in [-0.3, -0.25) is 9.78 Å². The van der Waals surface area contributed by atoms with Crippen LogP contribution < -0.4 is 0 Å². The van der Waals surface area contributed by atoms with Crippen LogP contribution in [-0.4, -0.2) is 10.8 Å². The van der Waals surface area contributed by atoms with Gasteiger partial charge in [-0.05, 0) is 31.4 Å². The van der Waals surface area contributed by atoms with Crippen LogP contribution >= 0.6 is 0 Å². The molecule has 0 spiro atoms. The Morgan fingerprint density at radius 1 is 1.36 bits per heavy atom. The number of aryl methyl sites for hydroxylation is 1. The molecule has 1 aliphatic rings. The monoisotopic (exact) mass is 189 g/mol. The van der Waals surface area contributed by atoms with Gasteiger partial charge in [0.15, 0.2) is 0 Å². The van der Waals surface area contributed by atoms with Crippen molar-refractivity contribution in [3.8, 4) is 0 Å². The van der Waals surface area contributed by atoms with Crippen molar-refractivity contribution in [2.75, 3.05) is 0 Å². The van der Waals surface area contributed by atoms with Crippen LogP contribution in [0.3, 0.4) is 0 Å². The van der Waals surface area contributed by atoms with Crippen LogP contribution in [-0.2, 0) is 4.79 Å². The highest BCUT2D eigenvalue weighted by Crippen LogP contribution is 2.29. The first-order chi connectivity index (χ1) is 6.77. The average molecular weight is 189 g/mol. The fourth-order valence-electron chi connectivity index (χ4n) is 2.02. The maximum atomic E-state index is 11.7. The van der Waals surface area contributed by atoms with Crippen LogP contribution in [0.25, 0.3) is 0 Å². The molecule has 0 aliphatic heterocycles. The number of pyridine rings is 1. The minimum absolute atomic E-state index is 0.122. The van der Waals surface area contributed by atoms with Gasteiger partial charge < -0.3 is 0 Å². The number of Topliss-reactive ketones (excluding diaryl/α,β-unsaturated/α-hetero) is 1. The first kappa shape index (κ1) is 9.38. The van der Waals surface area contributed by atoms with E-state index in [0.717, 1.165) is 30.5 Å². The van der Waals surface area contributed by atoms with E-state index in [1.807, 2.05) is 25.3 Å². The Hall–Kier alpha value is -1.18. The van der Waals surface area contributed by atoms with Crippen LogP contribution in [0.2, 0.25) is 0 Å². The maximum Gasteiger partial charge on any atom is 0.140 e. The molecule has 0 amide bonds. The van der Waals surface area contributed by atoms with E-state index in [9.17, 15) is 4.79 Å². The van der Waals surface area contributed by atoms with Gasteiger partial charge in [0.1, 0.15) is 5.78 Å². The molecular weight excluding hydrogens is 174 g/mol. The van der Waals surface area contributed by atoms with E-state index in [2.05, 4.69) is 4.98 Å². The quantitative estimate of drug-likeness (QED) is 0.679. The van der Waals surface area contributed by atoms with E-state index in [4.69, 9.17) is 0 Å². The van der Waals surface area contributed by atoms with Crippen molar-refractivity contribution in [3.63, 3.8) is 0 Å². The number of nitrogens with zero attached hydrogens (tertiary/aromatic N) is 1. The molecule has 1 heterocycles. The molecule has 0 saturated heterocycles. The van der Waals surface area contributed by atoms with Crippen LogP contribution in [0.1, 0.15) is 42.9 Å². The average Bonchev–Trinajstić information content (AvgIpc) is 2.20. The molecule has 2 rings (SSSR count). The van der Waals surface area contributed by atoms with Crippen molar-refractivity contribution in [1.82, 2.24) is 4.98 Å². The standard InChI is InChI=1S/C12H15NO/c1-9-6-7-10(8-13-9)11-4-2-3-5-12(11)14/h6-8,11H,2-5H2,1H3. The largest absolute Gasteiger partial charge is 0.299 e. The van der Waals surface area contributed by atoms with Crippen LogP contribution in [0, 0.1) is 6.92 Å². The summed E-state index contributed by atoms with van der Waals surface area (Å²) in [4.78, 5) is 15.9. The van der Waals surface area contributed by atoms with Gasteiger partial charge in [-0.1, -0.05) is 12.5 Å². The molecule has 0 aromatic carbocycles. The Morgan fingerprint density at radius 2 is 2.21 bits per heavy atom. The summed E-state index contributed by atoms with van der Waals surface area (Å²) < 4.78 is 0. The molecule has 2 nitrogen and oxygen atoms in total. The number of carbonyl (C=O) groups excluding carboxylic acids is 1. The van der Waals surface area contributed by atoms with E-state index in [-0.39, 0.29) is 5.92 Å². The van der Waals surface area contributed by atoms with E-state index >= 15 is 0 Å². The fourth-order valence-corrected chi connectivity index (χ4v) is 2.02. The molecule has 0 N–H and O–H groups in total. The zero-order valence-electron chi connectivity index (χ0n) is 8.49. The normalized spacial score (nSPS) is 22.4. The number of ketones is 1. The number of aromatic nitrogens is 1. The Labute approximate surface area is 84.4 Å². The predicted molar refractivity (Wildman–Crippen MR) is 55.2 cm³/mol. The third-order valence-electron chi connectivity index (χ3n) is 2.89. The molecule has 1 atom stereocenters. The summed E-state index contributed by atoms with van der Waals surface area (Å²) >= 11 is 0. The van der Waals surface area contributed by atoms with Crippen molar-refractivity contribution in [1.29, 1.82) is 0 Å². The van der Waals surface area contributed by atoms with Gasteiger partial charge in [-0.2, -0.15) is 0 Å². The lowest BCUT2D eigenvalue weighted by atomic mass is 9.83. The molecule has 1 saturated carbocycles. The molecule has 2 heteroatoms. The maximum absolute atomic E-state index is 11.7. The van der Waals surface area contributed by atoms with Crippen LogP contribution in [0.5, 0.6) is 0 Å². The smallest absolute Gasteiger partial charge is 0.140 e. The minimum Gasteiger partial charge on any atom is -0.299 e. The Bertz CT molecular complexity index is 329. The number of hydrogen-bond acceptors (Lipinski definition) is 2. The molecule has 14 heavy (non-hydrogen) atoms. The van der Waals surface area contributed by atoms with E-state index in [0.29, 0.717) is 5.78 Å². The van der Waals surface area contributed by atoms with Gasteiger partial charge in [0.05, 0.1) is 0 Å². The summed E-state index contributed by atoms with van der Waals surface area (Å²) in [6.07, 6.45) is 5.84. The Kier molecular flexibility index (Phi) is 2.62. The summed E-state index contributed by atoms with van der Waals surface area (Å²) in [6, 6.07) is 4.02. The zero-order chi connectivity index (χ0) is 9.97. The topological polar surface area (TPSA) is 30.0 Å². The lowest BCUT2D eigenvalue weighted by Gasteiger charge is -2.20. The third kappa shape index (κ3) is 1.84. The Morgan fingerprint density at radius 3 is 2.86 bits per heavy atom. The molecule has 1 aromatic heterocycles. The van der Waals surface area contributed by atoms with Crippen molar-refractivity contribution < 1.29 is 4.79 Å². The lowest BCUT2D eigenvalue weighted by Crippen LogP contribution is -2.17. The second-order valence-electron chi connectivity index (χ2n) is 4.00. The highest BCUT2D eigenvalue weighted by molar-refractivity contribution is 5.86. The van der Waals surface area contributed by atoms with Crippen LogP contribution in [0.4, 0.5) is 0 Å². The Balaban J connectivity index is 2.20. The van der Waals surface area contributed by atoms with Crippen LogP contribution in [0.15, 0.2) is 18.3 Å². The summed E-state index contributed by atoms with van der Waals surface area (Å²) in [5.74, 6) is 0.513. The molecule has 74 valence electrons. The van der Waals surface area contributed by atoms with E-state index < -0.39 is 0 Å². The SMILES string of the molecule is Cc1ccc(C2CCCCC2=O)cn1. The lowest BCUT2D eigenvalue weighted by molar-refractivity contribution is -0.121. The first-order valence-electron chi connectivity index (χ1n) is 5.22. The fraction of sp³-hybridized carbons (Fsp3) is 0.500. The molecule has 0 bridgehead atoms. The zero-order valence-corrected chi connectivity index (χ0v) is 8.49. The number of rotatable bonds is 1. The molecule has 1 fully saturated rings. The van der Waals surface area contributed by atoms with Gasteiger partial charge in [0.2, 0.25) is 0 Å². The van der Waals surface area contributed by atoms with Crippen molar-refractivity contribution in [3.05, 3.63) is 29.6 Å². The van der Waals surface area contributed by atoms with Crippen molar-refractivity contribution in [2.24, 2.45) is 0 Å². The third-order valence-corrected chi connectivity index (χ3v) is 2.89. The highest BCUT2D eigenvalue weighted by Gasteiger charge is 2.23. The van der Waals surface area contributed by atoms with Gasteiger partial charge in [0, 0.05) is 24.2 Å². The van der Waals surface area contributed by atoms with E-state index in [1.54, 1.807) is 0 Å². The minimum atomic E-state index is 0.122. The van der Waals surface area contributed by atoms with Gasteiger partial charge in [-0.25, -0.2) is 0 Å². The second kappa shape index (κ2) is 3.91. The molecule has 0 radical (unpaired) electrons. The number of carbonyl (C=O) groups is 1. The van der Waals surface area contributed by atoms with Gasteiger partial charge in [-0.15, -0.1) is 0 Å². The highest BCUT2D eigenvalue weighted by atomic mass is 16.1. The molecule has 1 aromatic rings. The first-order valence-corrected chi connectivity index (χ1v) is 5.22. The molecule has 1 aliphatic carbocycles. The van der Waals surface area contributed by atoms with Crippen molar-refractivity contribution >= 4 is 5.78 Å². The molecular formula is C12H15NO. The van der Waals surface area contributed by atoms with Gasteiger partial charge >= 0.3 is 0 Å². The summed E-state index contributed by atoms with van der Waals surface area (Å²) in [6.45, 7) is 1.96. The van der Waals surface area contributed by atoms with Crippen molar-refractivity contribution in [2.45, 2.75) is 38.5 Å². The summed E-state index contributed by atoms with van der Waals surface area (Å²) in [5.41, 5.74) is 2.11.